The van der Waals surface area contributed by atoms with Gasteiger partial charge in [0, 0.05) is 26.3 Å². The van der Waals surface area contributed by atoms with Crippen molar-refractivity contribution in [3.05, 3.63) is 29.8 Å². The first-order valence-electron chi connectivity index (χ1n) is 8.29. The molecule has 2 N–H and O–H groups in total. The van der Waals surface area contributed by atoms with Gasteiger partial charge in [0.15, 0.2) is 0 Å². The summed E-state index contributed by atoms with van der Waals surface area (Å²) < 4.78 is 0. The number of anilines is 1. The van der Waals surface area contributed by atoms with Crippen molar-refractivity contribution in [1.29, 1.82) is 0 Å². The van der Waals surface area contributed by atoms with E-state index in [4.69, 9.17) is 0 Å². The summed E-state index contributed by atoms with van der Waals surface area (Å²) in [7, 11) is 6.05. The summed E-state index contributed by atoms with van der Waals surface area (Å²) >= 11 is 0. The highest BCUT2D eigenvalue weighted by Crippen LogP contribution is 2.41. The molecule has 1 atom stereocenters. The lowest BCUT2D eigenvalue weighted by atomic mass is 9.76. The summed E-state index contributed by atoms with van der Waals surface area (Å²) in [6.45, 7) is 0.682. The fourth-order valence-corrected chi connectivity index (χ4v) is 3.65. The first kappa shape index (κ1) is 17.3. The SMILES string of the molecule is CN(C)c1ccc(C(N(C)CCO)C2(O)CCCCC2)cc1. The van der Waals surface area contributed by atoms with Crippen molar-refractivity contribution in [3.8, 4) is 0 Å². The Morgan fingerprint density at radius 3 is 2.14 bits per heavy atom. The van der Waals surface area contributed by atoms with Gasteiger partial charge < -0.3 is 15.1 Å². The Kier molecular flexibility index (Phi) is 5.84. The smallest absolute Gasteiger partial charge is 0.0843 e. The average molecular weight is 306 g/mol. The Balaban J connectivity index is 2.30. The van der Waals surface area contributed by atoms with Gasteiger partial charge >= 0.3 is 0 Å². The first-order valence-corrected chi connectivity index (χ1v) is 8.29. The van der Waals surface area contributed by atoms with Gasteiger partial charge in [0.25, 0.3) is 0 Å². The van der Waals surface area contributed by atoms with Gasteiger partial charge in [-0.15, -0.1) is 0 Å². The molecule has 1 aliphatic carbocycles. The number of hydrogen-bond acceptors (Lipinski definition) is 4. The van der Waals surface area contributed by atoms with Crippen LogP contribution in [0.25, 0.3) is 0 Å². The largest absolute Gasteiger partial charge is 0.395 e. The second-order valence-corrected chi connectivity index (χ2v) is 6.76. The molecule has 1 aromatic rings. The summed E-state index contributed by atoms with van der Waals surface area (Å²) in [6.07, 6.45) is 5.04. The molecule has 1 aliphatic rings. The molecule has 0 aliphatic heterocycles. The predicted molar refractivity (Wildman–Crippen MR) is 91.3 cm³/mol. The van der Waals surface area contributed by atoms with Gasteiger partial charge in [-0.2, -0.15) is 0 Å². The second-order valence-electron chi connectivity index (χ2n) is 6.76. The number of hydrogen-bond donors (Lipinski definition) is 2. The highest BCUT2D eigenvalue weighted by molar-refractivity contribution is 5.46. The zero-order chi connectivity index (χ0) is 16.2. The summed E-state index contributed by atoms with van der Waals surface area (Å²) in [5.41, 5.74) is 1.59. The fraction of sp³-hybridized carbons (Fsp3) is 0.667. The number of aliphatic hydroxyl groups is 2. The van der Waals surface area contributed by atoms with Gasteiger partial charge in [-0.3, -0.25) is 4.90 Å². The van der Waals surface area contributed by atoms with Crippen LogP contribution < -0.4 is 4.90 Å². The lowest BCUT2D eigenvalue weighted by molar-refractivity contribution is -0.0705. The first-order chi connectivity index (χ1) is 10.5. The lowest BCUT2D eigenvalue weighted by Gasteiger charge is -2.44. The van der Waals surface area contributed by atoms with Crippen molar-refractivity contribution in [2.45, 2.75) is 43.7 Å². The van der Waals surface area contributed by atoms with E-state index in [-0.39, 0.29) is 12.6 Å². The number of nitrogens with zero attached hydrogens (tertiary/aromatic N) is 2. The summed E-state index contributed by atoms with van der Waals surface area (Å²) in [5.74, 6) is 0. The van der Waals surface area contributed by atoms with E-state index in [1.54, 1.807) is 0 Å². The minimum atomic E-state index is -0.693. The molecule has 1 saturated carbocycles. The Morgan fingerprint density at radius 2 is 1.64 bits per heavy atom. The standard InChI is InChI=1S/C18H30N2O2/c1-19(2)16-9-7-15(8-10-16)17(20(3)13-14-21)18(22)11-5-4-6-12-18/h7-10,17,21-22H,4-6,11-14H2,1-3H3. The number of rotatable bonds is 6. The molecule has 1 unspecified atom stereocenters. The van der Waals surface area contributed by atoms with Crippen molar-refractivity contribution in [2.75, 3.05) is 39.2 Å². The van der Waals surface area contributed by atoms with Crippen molar-refractivity contribution < 1.29 is 10.2 Å². The van der Waals surface area contributed by atoms with Gasteiger partial charge in [0.2, 0.25) is 0 Å². The van der Waals surface area contributed by atoms with Gasteiger partial charge in [-0.1, -0.05) is 31.4 Å². The van der Waals surface area contributed by atoms with Crippen LogP contribution in [0, 0.1) is 0 Å². The molecule has 0 amide bonds. The summed E-state index contributed by atoms with van der Waals surface area (Å²) in [5, 5.41) is 20.5. The van der Waals surface area contributed by atoms with Crippen molar-refractivity contribution in [2.24, 2.45) is 0 Å². The third-order valence-electron chi connectivity index (χ3n) is 4.85. The molecule has 2 rings (SSSR count). The molecule has 22 heavy (non-hydrogen) atoms. The normalized spacial score (nSPS) is 19.2. The van der Waals surface area contributed by atoms with Crippen molar-refractivity contribution >= 4 is 5.69 Å². The zero-order valence-electron chi connectivity index (χ0n) is 14.1. The van der Waals surface area contributed by atoms with Crippen LogP contribution in [0.15, 0.2) is 24.3 Å². The van der Waals surface area contributed by atoms with Crippen LogP contribution in [-0.4, -0.2) is 55.0 Å². The average Bonchev–Trinajstić information content (AvgIpc) is 2.48. The molecule has 4 heteroatoms. The molecule has 1 fully saturated rings. The van der Waals surface area contributed by atoms with Gasteiger partial charge in [0.05, 0.1) is 18.2 Å². The van der Waals surface area contributed by atoms with Crippen LogP contribution in [0.5, 0.6) is 0 Å². The predicted octanol–water partition coefficient (Wildman–Crippen LogP) is 2.41. The maximum Gasteiger partial charge on any atom is 0.0843 e. The Hall–Kier alpha value is -1.10. The Morgan fingerprint density at radius 1 is 1.05 bits per heavy atom. The number of benzene rings is 1. The minimum Gasteiger partial charge on any atom is -0.395 e. The molecule has 0 saturated heterocycles. The zero-order valence-corrected chi connectivity index (χ0v) is 14.1. The van der Waals surface area contributed by atoms with Crippen LogP contribution >= 0.6 is 0 Å². The van der Waals surface area contributed by atoms with Crippen molar-refractivity contribution in [3.63, 3.8) is 0 Å². The van der Waals surface area contributed by atoms with Crippen molar-refractivity contribution in [1.82, 2.24) is 4.90 Å². The maximum absolute atomic E-state index is 11.2. The van der Waals surface area contributed by atoms with E-state index in [2.05, 4.69) is 34.1 Å². The fourth-order valence-electron chi connectivity index (χ4n) is 3.65. The van der Waals surface area contributed by atoms with Crippen LogP contribution in [0.3, 0.4) is 0 Å². The van der Waals surface area contributed by atoms with Crippen LogP contribution in [0.4, 0.5) is 5.69 Å². The Bertz CT molecular complexity index is 453. The number of likely N-dealkylation sites (N-methyl/N-ethyl adjacent to an activating group) is 1. The van der Waals surface area contributed by atoms with Crippen LogP contribution in [0.2, 0.25) is 0 Å². The monoisotopic (exact) mass is 306 g/mol. The van der Waals surface area contributed by atoms with E-state index in [1.165, 1.54) is 6.42 Å². The second kappa shape index (κ2) is 7.44. The lowest BCUT2D eigenvalue weighted by Crippen LogP contribution is -2.46. The molecule has 0 bridgehead atoms. The van der Waals surface area contributed by atoms with E-state index >= 15 is 0 Å². The minimum absolute atomic E-state index is 0.0591. The topological polar surface area (TPSA) is 46.9 Å². The van der Waals surface area contributed by atoms with E-state index < -0.39 is 5.60 Å². The van der Waals surface area contributed by atoms with E-state index in [1.807, 2.05) is 21.1 Å². The highest BCUT2D eigenvalue weighted by Gasteiger charge is 2.40. The van der Waals surface area contributed by atoms with E-state index in [0.717, 1.165) is 36.9 Å². The van der Waals surface area contributed by atoms with Gasteiger partial charge in [-0.25, -0.2) is 0 Å². The maximum atomic E-state index is 11.2. The molecule has 0 heterocycles. The van der Waals surface area contributed by atoms with E-state index in [9.17, 15) is 10.2 Å². The quantitative estimate of drug-likeness (QED) is 0.847. The molecule has 0 spiro atoms. The van der Waals surface area contributed by atoms with E-state index in [0.29, 0.717) is 6.54 Å². The molecule has 1 aromatic carbocycles. The third kappa shape index (κ3) is 3.80. The van der Waals surface area contributed by atoms with Gasteiger partial charge in [-0.05, 0) is 37.6 Å². The third-order valence-corrected chi connectivity index (χ3v) is 4.85. The van der Waals surface area contributed by atoms with Crippen LogP contribution in [0.1, 0.15) is 43.7 Å². The number of aliphatic hydroxyl groups excluding tert-OH is 1. The molecule has 0 radical (unpaired) electrons. The molecule has 4 nitrogen and oxygen atoms in total. The molecular weight excluding hydrogens is 276 g/mol. The highest BCUT2D eigenvalue weighted by atomic mass is 16.3. The molecule has 124 valence electrons. The summed E-state index contributed by atoms with van der Waals surface area (Å²) in [6, 6.07) is 8.36. The molecule has 0 aromatic heterocycles. The van der Waals surface area contributed by atoms with Crippen LogP contribution in [-0.2, 0) is 0 Å². The summed E-state index contributed by atoms with van der Waals surface area (Å²) in [4.78, 5) is 4.17. The van der Waals surface area contributed by atoms with Gasteiger partial charge in [0.1, 0.15) is 0 Å². The molecular formula is C18H30N2O2. The Labute approximate surface area is 134 Å².